The van der Waals surface area contributed by atoms with Crippen LogP contribution in [0.5, 0.6) is 11.5 Å². The highest BCUT2D eigenvalue weighted by molar-refractivity contribution is 6.35. The summed E-state index contributed by atoms with van der Waals surface area (Å²) in [5, 5.41) is 6.30. The summed E-state index contributed by atoms with van der Waals surface area (Å²) in [5.41, 5.74) is 0.774. The second-order valence-corrected chi connectivity index (χ2v) is 6.07. The predicted molar refractivity (Wildman–Crippen MR) is 97.8 cm³/mol. The highest BCUT2D eigenvalue weighted by atomic mass is 35.5. The number of halogens is 4. The third-order valence-electron chi connectivity index (χ3n) is 3.34. The number of carbonyl (C=O) groups excluding carboxylic acids is 1. The number of nitrogens with one attached hydrogen (secondary N) is 2. The van der Waals surface area contributed by atoms with Crippen molar-refractivity contribution in [1.29, 1.82) is 0 Å². The molecular formula is C17H16Cl2F2N2O3. The Bertz CT molecular complexity index is 791. The summed E-state index contributed by atoms with van der Waals surface area (Å²) in [6.07, 6.45) is 0. The van der Waals surface area contributed by atoms with E-state index in [0.29, 0.717) is 21.4 Å². The van der Waals surface area contributed by atoms with Gasteiger partial charge in [-0.3, -0.25) is 4.79 Å². The molecule has 0 saturated carbocycles. The average Bonchev–Trinajstić information content (AvgIpc) is 2.57. The summed E-state index contributed by atoms with van der Waals surface area (Å²) in [5.74, 6) is -0.377. The van der Waals surface area contributed by atoms with E-state index in [9.17, 15) is 13.6 Å². The van der Waals surface area contributed by atoms with Gasteiger partial charge in [-0.25, -0.2) is 0 Å². The lowest BCUT2D eigenvalue weighted by molar-refractivity contribution is -0.116. The van der Waals surface area contributed by atoms with E-state index < -0.39 is 12.7 Å². The lowest BCUT2D eigenvalue weighted by atomic mass is 10.2. The smallest absolute Gasteiger partial charge is 0.387 e. The van der Waals surface area contributed by atoms with E-state index in [-0.39, 0.29) is 17.4 Å². The van der Waals surface area contributed by atoms with Crippen LogP contribution in [0.2, 0.25) is 10.0 Å². The molecule has 0 unspecified atom stereocenters. The molecule has 0 aliphatic rings. The van der Waals surface area contributed by atoms with Gasteiger partial charge in [-0.15, -0.1) is 0 Å². The average molecular weight is 405 g/mol. The van der Waals surface area contributed by atoms with Crippen molar-refractivity contribution >= 4 is 40.5 Å². The Labute approximate surface area is 159 Å². The fourth-order valence-electron chi connectivity index (χ4n) is 2.10. The topological polar surface area (TPSA) is 59.6 Å². The number of ether oxygens (including phenoxy) is 2. The van der Waals surface area contributed by atoms with Gasteiger partial charge < -0.3 is 20.1 Å². The lowest BCUT2D eigenvalue weighted by Crippen LogP contribution is -2.32. The van der Waals surface area contributed by atoms with Crippen LogP contribution < -0.4 is 20.1 Å². The number of hydrogen-bond acceptors (Lipinski definition) is 4. The van der Waals surface area contributed by atoms with E-state index >= 15 is 0 Å². The van der Waals surface area contributed by atoms with Crippen LogP contribution in [0.4, 0.5) is 20.2 Å². The summed E-state index contributed by atoms with van der Waals surface area (Å²) >= 11 is 11.9. The Morgan fingerprint density at radius 1 is 1.12 bits per heavy atom. The molecule has 2 aromatic rings. The van der Waals surface area contributed by atoms with Crippen molar-refractivity contribution < 1.29 is 23.0 Å². The molecular weight excluding hydrogens is 389 g/mol. The van der Waals surface area contributed by atoms with Crippen LogP contribution in [0.15, 0.2) is 36.4 Å². The molecule has 0 aliphatic carbocycles. The summed E-state index contributed by atoms with van der Waals surface area (Å²) in [6, 6.07) is 8.35. The number of rotatable bonds is 7. The molecule has 2 rings (SSSR count). The van der Waals surface area contributed by atoms with Crippen LogP contribution in [-0.4, -0.2) is 25.7 Å². The van der Waals surface area contributed by atoms with Gasteiger partial charge in [-0.1, -0.05) is 23.2 Å². The van der Waals surface area contributed by atoms with Gasteiger partial charge in [0.1, 0.15) is 6.04 Å². The molecule has 2 aromatic carbocycles. The Hall–Kier alpha value is -2.25. The molecule has 0 saturated heterocycles. The van der Waals surface area contributed by atoms with Crippen molar-refractivity contribution in [3.8, 4) is 11.5 Å². The minimum Gasteiger partial charge on any atom is -0.493 e. The monoisotopic (exact) mass is 404 g/mol. The molecule has 1 atom stereocenters. The Kier molecular flexibility index (Phi) is 6.88. The quantitative estimate of drug-likeness (QED) is 0.678. The number of methoxy groups -OCH3 is 1. The van der Waals surface area contributed by atoms with E-state index in [1.165, 1.54) is 25.3 Å². The normalized spacial score (nSPS) is 11.8. The van der Waals surface area contributed by atoms with Crippen LogP contribution in [0, 0.1) is 0 Å². The molecule has 26 heavy (non-hydrogen) atoms. The van der Waals surface area contributed by atoms with Crippen molar-refractivity contribution in [2.45, 2.75) is 19.6 Å². The molecule has 5 nitrogen and oxygen atoms in total. The molecule has 0 fully saturated rings. The van der Waals surface area contributed by atoms with E-state index in [1.807, 2.05) is 0 Å². The maximum atomic E-state index is 12.5. The van der Waals surface area contributed by atoms with Crippen molar-refractivity contribution in [1.82, 2.24) is 0 Å². The van der Waals surface area contributed by atoms with Crippen LogP contribution >= 0.6 is 23.2 Å². The van der Waals surface area contributed by atoms with E-state index in [4.69, 9.17) is 27.9 Å². The van der Waals surface area contributed by atoms with Gasteiger partial charge in [0.25, 0.3) is 0 Å². The number of benzene rings is 2. The SMILES string of the molecule is COc1ccc(N[C@@H](C)C(=O)Nc2cc(Cl)ccc2Cl)cc1OC(F)F. The molecule has 0 heterocycles. The first-order valence-corrected chi connectivity index (χ1v) is 8.21. The summed E-state index contributed by atoms with van der Waals surface area (Å²) in [4.78, 5) is 12.3. The minimum atomic E-state index is -3.00. The zero-order valence-electron chi connectivity index (χ0n) is 13.9. The van der Waals surface area contributed by atoms with Gasteiger partial charge in [0.05, 0.1) is 17.8 Å². The first kappa shape index (κ1) is 20.1. The predicted octanol–water partition coefficient (Wildman–Crippen LogP) is 5.04. The van der Waals surface area contributed by atoms with E-state index in [2.05, 4.69) is 15.4 Å². The standard InChI is InChI=1S/C17H16Cl2F2N2O3/c1-9(16(24)23-13-7-10(18)3-5-12(13)19)22-11-4-6-14(25-2)15(8-11)26-17(20)21/h3-9,17,22H,1-2H3,(H,23,24)/t9-/m0/s1. The van der Waals surface area contributed by atoms with Crippen molar-refractivity contribution in [3.63, 3.8) is 0 Å². The van der Waals surface area contributed by atoms with Crippen LogP contribution in [0.3, 0.4) is 0 Å². The van der Waals surface area contributed by atoms with Gasteiger partial charge in [-0.05, 0) is 37.3 Å². The fourth-order valence-corrected chi connectivity index (χ4v) is 2.44. The number of hydrogen-bond donors (Lipinski definition) is 2. The second kappa shape index (κ2) is 8.91. The number of amides is 1. The molecule has 0 spiro atoms. The fraction of sp³-hybridized carbons (Fsp3) is 0.235. The van der Waals surface area contributed by atoms with E-state index in [0.717, 1.165) is 0 Å². The maximum absolute atomic E-state index is 12.5. The highest BCUT2D eigenvalue weighted by Gasteiger charge is 2.17. The molecule has 0 radical (unpaired) electrons. The molecule has 0 bridgehead atoms. The molecule has 2 N–H and O–H groups in total. The molecule has 0 aromatic heterocycles. The molecule has 1 amide bonds. The second-order valence-electron chi connectivity index (χ2n) is 5.22. The van der Waals surface area contributed by atoms with E-state index in [1.54, 1.807) is 25.1 Å². The zero-order valence-corrected chi connectivity index (χ0v) is 15.4. The number of anilines is 2. The van der Waals surface area contributed by atoms with Crippen LogP contribution in [-0.2, 0) is 4.79 Å². The summed E-state index contributed by atoms with van der Waals surface area (Å²) in [6.45, 7) is -1.39. The van der Waals surface area contributed by atoms with Gasteiger partial charge in [0, 0.05) is 16.8 Å². The number of alkyl halides is 2. The summed E-state index contributed by atoms with van der Waals surface area (Å²) < 4.78 is 34.3. The first-order chi connectivity index (χ1) is 12.3. The van der Waals surface area contributed by atoms with Crippen LogP contribution in [0.1, 0.15) is 6.92 Å². The third kappa shape index (κ3) is 5.37. The highest BCUT2D eigenvalue weighted by Crippen LogP contribution is 2.32. The molecule has 0 aliphatic heterocycles. The van der Waals surface area contributed by atoms with Crippen LogP contribution in [0.25, 0.3) is 0 Å². The van der Waals surface area contributed by atoms with Gasteiger partial charge in [0.2, 0.25) is 5.91 Å². The van der Waals surface area contributed by atoms with Crippen molar-refractivity contribution in [3.05, 3.63) is 46.4 Å². The first-order valence-electron chi connectivity index (χ1n) is 7.45. The minimum absolute atomic E-state index is 0.141. The summed E-state index contributed by atoms with van der Waals surface area (Å²) in [7, 11) is 1.34. The van der Waals surface area contributed by atoms with Crippen molar-refractivity contribution in [2.24, 2.45) is 0 Å². The van der Waals surface area contributed by atoms with Gasteiger partial charge >= 0.3 is 6.61 Å². The maximum Gasteiger partial charge on any atom is 0.387 e. The van der Waals surface area contributed by atoms with Gasteiger partial charge in [-0.2, -0.15) is 8.78 Å². The molecule has 9 heteroatoms. The number of carbonyl (C=O) groups is 1. The Morgan fingerprint density at radius 2 is 1.85 bits per heavy atom. The van der Waals surface area contributed by atoms with Crippen molar-refractivity contribution in [2.75, 3.05) is 17.7 Å². The van der Waals surface area contributed by atoms with Gasteiger partial charge in [0.15, 0.2) is 11.5 Å². The third-order valence-corrected chi connectivity index (χ3v) is 3.91. The Morgan fingerprint density at radius 3 is 2.50 bits per heavy atom. The zero-order chi connectivity index (χ0) is 19.3. The largest absolute Gasteiger partial charge is 0.493 e. The molecule has 140 valence electrons. The lowest BCUT2D eigenvalue weighted by Gasteiger charge is -2.17. The Balaban J connectivity index is 2.09.